The van der Waals surface area contributed by atoms with Crippen LogP contribution in [-0.2, 0) is 13.2 Å². The van der Waals surface area contributed by atoms with E-state index < -0.39 is 0 Å². The maximum atomic E-state index is 6.23. The van der Waals surface area contributed by atoms with Crippen molar-refractivity contribution in [1.29, 1.82) is 0 Å². The molecule has 2 aromatic rings. The number of nitrogens with one attached hydrogen (secondary N) is 1. The summed E-state index contributed by atoms with van der Waals surface area (Å²) in [5, 5.41) is 4.74. The largest absolute Gasteiger partial charge is 0.489 e. The van der Waals surface area contributed by atoms with Crippen molar-refractivity contribution >= 4 is 11.6 Å². The lowest BCUT2D eigenvalue weighted by Gasteiger charge is -2.57. The molecule has 0 unspecified atom stereocenters. The van der Waals surface area contributed by atoms with Gasteiger partial charge in [0.1, 0.15) is 12.4 Å². The average molecular weight is 382 g/mol. The molecule has 0 aromatic heterocycles. The molecule has 0 radical (unpaired) electrons. The van der Waals surface area contributed by atoms with E-state index in [4.69, 9.17) is 16.3 Å². The van der Waals surface area contributed by atoms with Crippen molar-refractivity contribution in [3.63, 3.8) is 0 Å². The molecule has 4 bridgehead atoms. The SMILES string of the molecule is Clc1ccccc1COc1cccc(CNC23CC4CC(CC(C4)C2)C3)c1. The molecule has 1 N–H and O–H groups in total. The molecule has 27 heavy (non-hydrogen) atoms. The standard InChI is InChI=1S/C24H28ClNO/c25-23-7-2-1-5-21(23)16-27-22-6-3-4-17(11-22)15-26-24-12-18-8-19(13-24)10-20(9-18)14-24/h1-7,11,18-20,26H,8-10,12-16H2. The van der Waals surface area contributed by atoms with Crippen molar-refractivity contribution in [3.8, 4) is 5.75 Å². The monoisotopic (exact) mass is 381 g/mol. The minimum atomic E-state index is 0.406. The fourth-order valence-electron chi connectivity index (χ4n) is 6.14. The van der Waals surface area contributed by atoms with Crippen LogP contribution in [0.2, 0.25) is 5.02 Å². The zero-order chi connectivity index (χ0) is 18.3. The fraction of sp³-hybridized carbons (Fsp3) is 0.500. The molecule has 0 amide bonds. The maximum Gasteiger partial charge on any atom is 0.120 e. The van der Waals surface area contributed by atoms with E-state index in [1.165, 1.54) is 44.1 Å². The van der Waals surface area contributed by atoms with Crippen LogP contribution in [0.3, 0.4) is 0 Å². The molecule has 4 saturated carbocycles. The Kier molecular flexibility index (Phi) is 4.65. The summed E-state index contributed by atoms with van der Waals surface area (Å²) >= 11 is 6.23. The molecule has 0 atom stereocenters. The van der Waals surface area contributed by atoms with E-state index in [0.29, 0.717) is 12.1 Å². The van der Waals surface area contributed by atoms with Gasteiger partial charge < -0.3 is 10.1 Å². The molecule has 142 valence electrons. The van der Waals surface area contributed by atoms with Crippen LogP contribution in [-0.4, -0.2) is 5.54 Å². The fourth-order valence-corrected chi connectivity index (χ4v) is 6.33. The normalized spacial score (nSPS) is 31.2. The number of rotatable bonds is 6. The van der Waals surface area contributed by atoms with E-state index in [1.54, 1.807) is 0 Å². The lowest BCUT2D eigenvalue weighted by molar-refractivity contribution is -0.0206. The smallest absolute Gasteiger partial charge is 0.120 e. The first-order chi connectivity index (χ1) is 13.2. The van der Waals surface area contributed by atoms with Gasteiger partial charge in [-0.15, -0.1) is 0 Å². The Balaban J connectivity index is 1.22. The first-order valence-electron chi connectivity index (χ1n) is 10.4. The molecule has 4 aliphatic carbocycles. The molecule has 0 aliphatic heterocycles. The molecule has 4 aliphatic rings. The van der Waals surface area contributed by atoms with E-state index in [9.17, 15) is 0 Å². The average Bonchev–Trinajstić information content (AvgIpc) is 2.65. The van der Waals surface area contributed by atoms with Crippen LogP contribution in [0.25, 0.3) is 0 Å². The van der Waals surface area contributed by atoms with E-state index in [2.05, 4.69) is 23.5 Å². The number of benzene rings is 2. The second kappa shape index (κ2) is 7.14. The number of halogens is 1. The Bertz CT molecular complexity index is 782. The highest BCUT2D eigenvalue weighted by molar-refractivity contribution is 6.31. The summed E-state index contributed by atoms with van der Waals surface area (Å²) in [5.74, 6) is 3.86. The first-order valence-corrected chi connectivity index (χ1v) is 10.8. The van der Waals surface area contributed by atoms with Gasteiger partial charge in [-0.05, 0) is 80.0 Å². The van der Waals surface area contributed by atoms with Crippen LogP contribution in [0.1, 0.15) is 49.7 Å². The Morgan fingerprint density at radius 1 is 0.926 bits per heavy atom. The molecule has 0 saturated heterocycles. The van der Waals surface area contributed by atoms with Gasteiger partial charge in [-0.1, -0.05) is 41.9 Å². The van der Waals surface area contributed by atoms with Gasteiger partial charge in [-0.25, -0.2) is 0 Å². The third-order valence-corrected chi connectivity index (χ3v) is 7.33. The van der Waals surface area contributed by atoms with Gasteiger partial charge in [0.25, 0.3) is 0 Å². The minimum absolute atomic E-state index is 0.406. The molecule has 4 fully saturated rings. The van der Waals surface area contributed by atoms with Crippen LogP contribution in [0.5, 0.6) is 5.75 Å². The minimum Gasteiger partial charge on any atom is -0.489 e. The summed E-state index contributed by atoms with van der Waals surface area (Å²) < 4.78 is 6.00. The van der Waals surface area contributed by atoms with Gasteiger partial charge in [0.15, 0.2) is 0 Å². The Morgan fingerprint density at radius 2 is 1.63 bits per heavy atom. The van der Waals surface area contributed by atoms with Gasteiger partial charge in [0.05, 0.1) is 0 Å². The zero-order valence-corrected chi connectivity index (χ0v) is 16.5. The highest BCUT2D eigenvalue weighted by Gasteiger charge is 2.50. The quantitative estimate of drug-likeness (QED) is 0.664. The predicted molar refractivity (Wildman–Crippen MR) is 110 cm³/mol. The number of hydrogen-bond donors (Lipinski definition) is 1. The van der Waals surface area contributed by atoms with Crippen molar-refractivity contribution in [1.82, 2.24) is 5.32 Å². The van der Waals surface area contributed by atoms with Crippen LogP contribution in [0.4, 0.5) is 0 Å². The molecule has 0 heterocycles. The molecule has 2 nitrogen and oxygen atoms in total. The second-order valence-electron chi connectivity index (χ2n) is 9.08. The maximum absolute atomic E-state index is 6.23. The van der Waals surface area contributed by atoms with E-state index in [-0.39, 0.29) is 0 Å². The van der Waals surface area contributed by atoms with Gasteiger partial charge in [-0.3, -0.25) is 0 Å². The Hall–Kier alpha value is -1.51. The molecule has 6 rings (SSSR count). The van der Waals surface area contributed by atoms with E-state index in [0.717, 1.165) is 40.6 Å². The number of hydrogen-bond acceptors (Lipinski definition) is 2. The lowest BCUT2D eigenvalue weighted by Crippen LogP contribution is -2.58. The van der Waals surface area contributed by atoms with Crippen molar-refractivity contribution in [2.45, 2.75) is 57.2 Å². The van der Waals surface area contributed by atoms with E-state index >= 15 is 0 Å². The Labute approximate surface area is 167 Å². The molecular formula is C24H28ClNO. The van der Waals surface area contributed by atoms with Crippen molar-refractivity contribution in [3.05, 3.63) is 64.7 Å². The molecular weight excluding hydrogens is 354 g/mol. The predicted octanol–water partition coefficient (Wildman–Crippen LogP) is 5.98. The second-order valence-corrected chi connectivity index (χ2v) is 9.49. The molecule has 0 spiro atoms. The van der Waals surface area contributed by atoms with Crippen LogP contribution in [0, 0.1) is 17.8 Å². The van der Waals surface area contributed by atoms with E-state index in [1.807, 2.05) is 30.3 Å². The highest BCUT2D eigenvalue weighted by atomic mass is 35.5. The van der Waals surface area contributed by atoms with Crippen molar-refractivity contribution in [2.75, 3.05) is 0 Å². The summed E-state index contributed by atoms with van der Waals surface area (Å²) in [6.07, 6.45) is 8.65. The topological polar surface area (TPSA) is 21.3 Å². The van der Waals surface area contributed by atoms with Gasteiger partial charge >= 0.3 is 0 Å². The lowest BCUT2D eigenvalue weighted by atomic mass is 9.53. The third-order valence-electron chi connectivity index (χ3n) is 6.96. The summed E-state index contributed by atoms with van der Waals surface area (Å²) in [5.41, 5.74) is 2.74. The zero-order valence-electron chi connectivity index (χ0n) is 15.8. The molecule has 3 heteroatoms. The van der Waals surface area contributed by atoms with Crippen LogP contribution in [0.15, 0.2) is 48.5 Å². The summed E-state index contributed by atoms with van der Waals surface area (Å²) in [6, 6.07) is 16.4. The first kappa shape index (κ1) is 17.6. The number of ether oxygens (including phenoxy) is 1. The third kappa shape index (κ3) is 3.75. The van der Waals surface area contributed by atoms with Crippen molar-refractivity contribution in [2.24, 2.45) is 17.8 Å². The summed E-state index contributed by atoms with van der Waals surface area (Å²) in [4.78, 5) is 0. The van der Waals surface area contributed by atoms with Crippen molar-refractivity contribution < 1.29 is 4.74 Å². The Morgan fingerprint density at radius 3 is 2.33 bits per heavy atom. The molecule has 2 aromatic carbocycles. The van der Waals surface area contributed by atoms with Gasteiger partial charge in [0, 0.05) is 22.7 Å². The van der Waals surface area contributed by atoms with Crippen LogP contribution >= 0.6 is 11.6 Å². The summed E-state index contributed by atoms with van der Waals surface area (Å²) in [6.45, 7) is 1.45. The van der Waals surface area contributed by atoms with Gasteiger partial charge in [0.2, 0.25) is 0 Å². The summed E-state index contributed by atoms with van der Waals surface area (Å²) in [7, 11) is 0. The van der Waals surface area contributed by atoms with Gasteiger partial charge in [-0.2, -0.15) is 0 Å². The van der Waals surface area contributed by atoms with Crippen LogP contribution < -0.4 is 10.1 Å². The highest BCUT2D eigenvalue weighted by Crippen LogP contribution is 2.55.